The van der Waals surface area contributed by atoms with Crippen LogP contribution in [0.4, 0.5) is 0 Å². The highest BCUT2D eigenvalue weighted by atomic mass is 16.3. The van der Waals surface area contributed by atoms with Crippen molar-refractivity contribution in [3.63, 3.8) is 0 Å². The van der Waals surface area contributed by atoms with E-state index in [1.807, 2.05) is 149 Å². The first-order chi connectivity index (χ1) is 18.2. The van der Waals surface area contributed by atoms with Gasteiger partial charge in [0.25, 0.3) is 0 Å². The molecule has 0 aliphatic rings. The van der Waals surface area contributed by atoms with Crippen molar-refractivity contribution in [2.45, 2.75) is 38.9 Å². The molecule has 0 spiro atoms. The Kier molecular flexibility index (Phi) is 6.79. The molecule has 0 bridgehead atoms. The minimum atomic E-state index is -1.34. The number of rotatable bonds is 6. The average Bonchev–Trinajstić information content (AvgIpc) is 2.94. The van der Waals surface area contributed by atoms with Gasteiger partial charge in [-0.1, -0.05) is 144 Å². The summed E-state index contributed by atoms with van der Waals surface area (Å²) in [7, 11) is 0. The monoisotopic (exact) mass is 498 g/mol. The number of aliphatic hydroxyl groups is 2. The molecule has 38 heavy (non-hydrogen) atoms. The summed E-state index contributed by atoms with van der Waals surface area (Å²) in [5, 5.41) is 24.7. The lowest BCUT2D eigenvalue weighted by molar-refractivity contribution is 0.121. The molecule has 2 N–H and O–H groups in total. The highest BCUT2D eigenvalue weighted by Crippen LogP contribution is 2.41. The van der Waals surface area contributed by atoms with Crippen LogP contribution in [0.1, 0.15) is 55.6 Å². The fourth-order valence-corrected chi connectivity index (χ4v) is 5.13. The molecule has 0 heterocycles. The average molecular weight is 499 g/mol. The SMILES string of the molecule is Cc1ccc(C(O)(c2ccc(C)cc2)c2ccc(C(O)(c3ccc(C)cc3)c3ccc(C)cc3)cc2)cc1. The lowest BCUT2D eigenvalue weighted by Gasteiger charge is -2.33. The van der Waals surface area contributed by atoms with Crippen molar-refractivity contribution < 1.29 is 10.2 Å². The van der Waals surface area contributed by atoms with Crippen molar-refractivity contribution in [2.24, 2.45) is 0 Å². The minimum Gasteiger partial charge on any atom is -0.376 e. The van der Waals surface area contributed by atoms with Gasteiger partial charge in [0.05, 0.1) is 0 Å². The second-order valence-corrected chi connectivity index (χ2v) is 10.5. The molecule has 2 nitrogen and oxygen atoms in total. The topological polar surface area (TPSA) is 40.5 Å². The number of benzene rings is 5. The molecule has 190 valence electrons. The molecule has 5 aromatic rings. The maximum atomic E-state index is 12.3. The van der Waals surface area contributed by atoms with E-state index in [4.69, 9.17) is 0 Å². The van der Waals surface area contributed by atoms with Gasteiger partial charge < -0.3 is 10.2 Å². The molecule has 5 rings (SSSR count). The third kappa shape index (κ3) is 4.58. The van der Waals surface area contributed by atoms with Gasteiger partial charge in [-0.05, 0) is 61.1 Å². The number of hydrogen-bond acceptors (Lipinski definition) is 2. The zero-order valence-corrected chi connectivity index (χ0v) is 22.4. The third-order valence-corrected chi connectivity index (χ3v) is 7.60. The van der Waals surface area contributed by atoms with Crippen LogP contribution in [0.15, 0.2) is 121 Å². The minimum absolute atomic E-state index is 0.740. The summed E-state index contributed by atoms with van der Waals surface area (Å²) >= 11 is 0. The Hall–Kier alpha value is -3.98. The van der Waals surface area contributed by atoms with Crippen LogP contribution in [0.25, 0.3) is 0 Å². The summed E-state index contributed by atoms with van der Waals surface area (Å²) in [5.41, 5.74) is 6.53. The van der Waals surface area contributed by atoms with Gasteiger partial charge in [-0.25, -0.2) is 0 Å². The van der Waals surface area contributed by atoms with Gasteiger partial charge in [0.2, 0.25) is 0 Å². The van der Waals surface area contributed by atoms with Crippen molar-refractivity contribution >= 4 is 0 Å². The van der Waals surface area contributed by atoms with E-state index in [1.54, 1.807) is 0 Å². The Balaban J connectivity index is 1.66. The number of hydrogen-bond donors (Lipinski definition) is 2. The Labute approximate surface area is 225 Å². The Morgan fingerprint density at radius 2 is 0.421 bits per heavy atom. The maximum Gasteiger partial charge on any atom is 0.140 e. The van der Waals surface area contributed by atoms with Crippen LogP contribution in [0.3, 0.4) is 0 Å². The molecule has 0 fully saturated rings. The van der Waals surface area contributed by atoms with Gasteiger partial charge in [-0.3, -0.25) is 0 Å². The predicted octanol–water partition coefficient (Wildman–Crippen LogP) is 7.49. The fraction of sp³-hybridized carbons (Fsp3) is 0.167. The smallest absolute Gasteiger partial charge is 0.140 e. The molecule has 5 aromatic carbocycles. The van der Waals surface area contributed by atoms with Gasteiger partial charge in [-0.15, -0.1) is 0 Å². The fourth-order valence-electron chi connectivity index (χ4n) is 5.13. The second kappa shape index (κ2) is 10.1. The summed E-state index contributed by atoms with van der Waals surface area (Å²) in [5.74, 6) is 0. The summed E-state index contributed by atoms with van der Waals surface area (Å²) in [6.07, 6.45) is 0. The summed E-state index contributed by atoms with van der Waals surface area (Å²) in [6, 6.07) is 39.8. The van der Waals surface area contributed by atoms with Gasteiger partial charge in [0.15, 0.2) is 0 Å². The molecule has 0 atom stereocenters. The molecule has 0 unspecified atom stereocenters. The lowest BCUT2D eigenvalue weighted by Crippen LogP contribution is -2.31. The van der Waals surface area contributed by atoms with E-state index in [0.717, 1.165) is 55.6 Å². The molecule has 0 aromatic heterocycles. The molecule has 0 aliphatic heterocycles. The van der Waals surface area contributed by atoms with Gasteiger partial charge >= 0.3 is 0 Å². The molecule has 2 heteroatoms. The maximum absolute atomic E-state index is 12.3. The highest BCUT2D eigenvalue weighted by molar-refractivity contribution is 5.52. The van der Waals surface area contributed by atoms with E-state index >= 15 is 0 Å². The Morgan fingerprint density at radius 1 is 0.289 bits per heavy atom. The van der Waals surface area contributed by atoms with Crippen molar-refractivity contribution in [3.05, 3.63) is 177 Å². The molecule has 0 saturated carbocycles. The Bertz CT molecular complexity index is 1300. The van der Waals surface area contributed by atoms with Crippen LogP contribution in [-0.2, 0) is 11.2 Å². The van der Waals surface area contributed by atoms with E-state index in [9.17, 15) is 10.2 Å². The third-order valence-electron chi connectivity index (χ3n) is 7.60. The van der Waals surface area contributed by atoms with E-state index < -0.39 is 11.2 Å². The van der Waals surface area contributed by atoms with E-state index in [0.29, 0.717) is 0 Å². The van der Waals surface area contributed by atoms with Crippen LogP contribution >= 0.6 is 0 Å². The van der Waals surface area contributed by atoms with Gasteiger partial charge in [0.1, 0.15) is 11.2 Å². The molecule has 0 amide bonds. The van der Waals surface area contributed by atoms with E-state index in [-0.39, 0.29) is 0 Å². The first-order valence-corrected chi connectivity index (χ1v) is 13.1. The van der Waals surface area contributed by atoms with Gasteiger partial charge in [-0.2, -0.15) is 0 Å². The summed E-state index contributed by atoms with van der Waals surface area (Å²) < 4.78 is 0. The van der Waals surface area contributed by atoms with E-state index in [1.165, 1.54) is 0 Å². The van der Waals surface area contributed by atoms with Gasteiger partial charge in [0, 0.05) is 0 Å². The Morgan fingerprint density at radius 3 is 0.579 bits per heavy atom. The van der Waals surface area contributed by atoms with E-state index in [2.05, 4.69) is 0 Å². The molecular weight excluding hydrogens is 464 g/mol. The van der Waals surface area contributed by atoms with Crippen molar-refractivity contribution in [3.8, 4) is 0 Å². The van der Waals surface area contributed by atoms with Crippen LogP contribution in [0.5, 0.6) is 0 Å². The summed E-state index contributed by atoms with van der Waals surface area (Å²) in [6.45, 7) is 8.17. The zero-order chi connectivity index (χ0) is 26.9. The standard InChI is InChI=1S/C36H34O2/c1-25-5-13-29(14-6-25)35(37,30-15-7-26(2)8-16-30)33-21-23-34(24-22-33)36(38,31-17-9-27(3)10-18-31)32-19-11-28(4)12-20-32/h5-24,37-38H,1-4H3. The van der Waals surface area contributed by atoms with Crippen LogP contribution < -0.4 is 0 Å². The molecule has 0 aliphatic carbocycles. The quantitative estimate of drug-likeness (QED) is 0.238. The largest absolute Gasteiger partial charge is 0.376 e. The number of aryl methyl sites for hydroxylation is 4. The molecular formula is C36H34O2. The zero-order valence-electron chi connectivity index (χ0n) is 22.4. The normalized spacial score (nSPS) is 11.9. The predicted molar refractivity (Wildman–Crippen MR) is 155 cm³/mol. The van der Waals surface area contributed by atoms with Crippen molar-refractivity contribution in [1.29, 1.82) is 0 Å². The first kappa shape index (κ1) is 25.7. The molecule has 0 saturated heterocycles. The van der Waals surface area contributed by atoms with Crippen LogP contribution in [0, 0.1) is 27.7 Å². The highest BCUT2D eigenvalue weighted by Gasteiger charge is 2.37. The van der Waals surface area contributed by atoms with Crippen LogP contribution in [0.2, 0.25) is 0 Å². The van der Waals surface area contributed by atoms with Crippen molar-refractivity contribution in [1.82, 2.24) is 0 Å². The van der Waals surface area contributed by atoms with Crippen molar-refractivity contribution in [2.75, 3.05) is 0 Å². The molecule has 0 radical (unpaired) electrons. The van der Waals surface area contributed by atoms with Crippen LogP contribution in [-0.4, -0.2) is 10.2 Å². The first-order valence-electron chi connectivity index (χ1n) is 13.1. The summed E-state index contributed by atoms with van der Waals surface area (Å²) in [4.78, 5) is 0. The second-order valence-electron chi connectivity index (χ2n) is 10.5. The lowest BCUT2D eigenvalue weighted by atomic mass is 9.77.